The molecule has 0 fully saturated rings. The lowest BCUT2D eigenvalue weighted by Gasteiger charge is -2.08. The molecule has 0 aliphatic heterocycles. The molecular weight excluding hydrogens is 374 g/mol. The van der Waals surface area contributed by atoms with Crippen molar-refractivity contribution in [2.24, 2.45) is 0 Å². The number of benzene rings is 2. The van der Waals surface area contributed by atoms with Gasteiger partial charge in [-0.1, -0.05) is 29.8 Å². The maximum absolute atomic E-state index is 12.0. The van der Waals surface area contributed by atoms with Gasteiger partial charge in [-0.15, -0.1) is 0 Å². The van der Waals surface area contributed by atoms with E-state index in [1.54, 1.807) is 6.20 Å². The van der Waals surface area contributed by atoms with Crippen molar-refractivity contribution in [2.75, 3.05) is 11.9 Å². The van der Waals surface area contributed by atoms with Crippen LogP contribution in [-0.4, -0.2) is 28.4 Å². The number of rotatable bonds is 6. The number of esters is 1. The average Bonchev–Trinajstić information content (AvgIpc) is 3.04. The lowest BCUT2D eigenvalue weighted by Crippen LogP contribution is -2.21. The van der Waals surface area contributed by atoms with Crippen LogP contribution in [0.2, 0.25) is 5.02 Å². The molecule has 0 unspecified atom stereocenters. The quantitative estimate of drug-likeness (QED) is 0.382. The fourth-order valence-electron chi connectivity index (χ4n) is 2.54. The number of ether oxygens (including phenoxy) is 1. The Morgan fingerprint density at radius 1 is 1.22 bits per heavy atom. The Labute approximate surface area is 158 Å². The first-order valence-electron chi connectivity index (χ1n) is 7.88. The number of fused-ring (bicyclic) bond motifs is 1. The van der Waals surface area contributed by atoms with Crippen LogP contribution in [0, 0.1) is 10.1 Å². The van der Waals surface area contributed by atoms with Crippen LogP contribution in [0.4, 0.5) is 11.4 Å². The number of non-ortho nitro benzene ring substituents is 1. The second-order valence-electron chi connectivity index (χ2n) is 5.67. The minimum Gasteiger partial charge on any atom is -0.455 e. The molecule has 0 aliphatic rings. The summed E-state index contributed by atoms with van der Waals surface area (Å²) in [4.78, 5) is 37.0. The fourth-order valence-corrected chi connectivity index (χ4v) is 2.76. The molecular formula is C18H14ClN3O5. The summed E-state index contributed by atoms with van der Waals surface area (Å²) in [6, 6.07) is 11.2. The number of anilines is 1. The van der Waals surface area contributed by atoms with Gasteiger partial charge in [-0.3, -0.25) is 19.7 Å². The third kappa shape index (κ3) is 4.42. The molecule has 3 rings (SSSR count). The number of nitro groups is 1. The van der Waals surface area contributed by atoms with Crippen LogP contribution in [-0.2, 0) is 20.7 Å². The van der Waals surface area contributed by atoms with E-state index < -0.39 is 23.4 Å². The number of aromatic amines is 1. The van der Waals surface area contributed by atoms with Gasteiger partial charge in [0.15, 0.2) is 6.61 Å². The number of carbonyl (C=O) groups is 2. The highest BCUT2D eigenvalue weighted by Gasteiger charge is 2.14. The van der Waals surface area contributed by atoms with E-state index in [4.69, 9.17) is 16.3 Å². The topological polar surface area (TPSA) is 114 Å². The van der Waals surface area contributed by atoms with E-state index >= 15 is 0 Å². The molecule has 0 saturated heterocycles. The largest absolute Gasteiger partial charge is 0.455 e. The zero-order valence-corrected chi connectivity index (χ0v) is 14.7. The maximum Gasteiger partial charge on any atom is 0.310 e. The molecule has 1 aromatic heterocycles. The summed E-state index contributed by atoms with van der Waals surface area (Å²) in [5, 5.41) is 14.0. The molecule has 0 saturated carbocycles. The van der Waals surface area contributed by atoms with Crippen LogP contribution in [0.25, 0.3) is 10.9 Å². The SMILES string of the molecule is O=C(COC(=O)Cc1c[nH]c2ccccc12)Nc1ccc([N+](=O)[O-])cc1Cl. The van der Waals surface area contributed by atoms with E-state index in [1.165, 1.54) is 12.1 Å². The molecule has 27 heavy (non-hydrogen) atoms. The van der Waals surface area contributed by atoms with Gasteiger partial charge in [0.25, 0.3) is 11.6 Å². The maximum atomic E-state index is 12.0. The number of hydrogen-bond acceptors (Lipinski definition) is 5. The number of hydrogen-bond donors (Lipinski definition) is 2. The van der Waals surface area contributed by atoms with Crippen molar-refractivity contribution in [2.45, 2.75) is 6.42 Å². The molecule has 2 N–H and O–H groups in total. The number of amides is 1. The molecule has 0 radical (unpaired) electrons. The van der Waals surface area contributed by atoms with Crippen molar-refractivity contribution < 1.29 is 19.2 Å². The average molecular weight is 388 g/mol. The van der Waals surface area contributed by atoms with E-state index in [0.29, 0.717) is 0 Å². The van der Waals surface area contributed by atoms with Crippen molar-refractivity contribution in [3.63, 3.8) is 0 Å². The summed E-state index contributed by atoms with van der Waals surface area (Å²) >= 11 is 5.90. The summed E-state index contributed by atoms with van der Waals surface area (Å²) in [6.07, 6.45) is 1.75. The van der Waals surface area contributed by atoms with Gasteiger partial charge in [-0.2, -0.15) is 0 Å². The summed E-state index contributed by atoms with van der Waals surface area (Å²) in [5.74, 6) is -1.15. The predicted octanol–water partition coefficient (Wildman–Crippen LogP) is 3.45. The highest BCUT2D eigenvalue weighted by atomic mass is 35.5. The number of nitrogens with one attached hydrogen (secondary N) is 2. The number of carbonyl (C=O) groups excluding carboxylic acids is 2. The van der Waals surface area contributed by atoms with Gasteiger partial charge in [0.05, 0.1) is 22.1 Å². The summed E-state index contributed by atoms with van der Waals surface area (Å²) in [5.41, 5.74) is 1.68. The van der Waals surface area contributed by atoms with Crippen LogP contribution in [0.1, 0.15) is 5.56 Å². The predicted molar refractivity (Wildman–Crippen MR) is 99.7 cm³/mol. The van der Waals surface area contributed by atoms with Crippen molar-refractivity contribution in [1.82, 2.24) is 4.98 Å². The van der Waals surface area contributed by atoms with Crippen LogP contribution >= 0.6 is 11.6 Å². The fraction of sp³-hybridized carbons (Fsp3) is 0.111. The van der Waals surface area contributed by atoms with Gasteiger partial charge >= 0.3 is 5.97 Å². The Morgan fingerprint density at radius 2 is 2.00 bits per heavy atom. The van der Waals surface area contributed by atoms with Gasteiger partial charge in [-0.05, 0) is 17.7 Å². The molecule has 138 valence electrons. The molecule has 9 heteroatoms. The number of halogens is 1. The van der Waals surface area contributed by atoms with Crippen LogP contribution < -0.4 is 5.32 Å². The van der Waals surface area contributed by atoms with Crippen LogP contribution in [0.15, 0.2) is 48.7 Å². The molecule has 3 aromatic rings. The van der Waals surface area contributed by atoms with Crippen molar-refractivity contribution >= 4 is 45.8 Å². The third-order valence-electron chi connectivity index (χ3n) is 3.81. The van der Waals surface area contributed by atoms with Crippen LogP contribution in [0.5, 0.6) is 0 Å². The van der Waals surface area contributed by atoms with Gasteiger partial charge in [-0.25, -0.2) is 0 Å². The lowest BCUT2D eigenvalue weighted by molar-refractivity contribution is -0.384. The Kier molecular flexibility index (Phi) is 5.37. The van der Waals surface area contributed by atoms with E-state index in [1.807, 2.05) is 24.3 Å². The molecule has 8 nitrogen and oxygen atoms in total. The van der Waals surface area contributed by atoms with E-state index in [9.17, 15) is 19.7 Å². The van der Waals surface area contributed by atoms with Gasteiger partial charge in [0.1, 0.15) is 0 Å². The lowest BCUT2D eigenvalue weighted by atomic mass is 10.1. The highest BCUT2D eigenvalue weighted by molar-refractivity contribution is 6.34. The highest BCUT2D eigenvalue weighted by Crippen LogP contribution is 2.26. The number of aromatic nitrogens is 1. The first-order chi connectivity index (χ1) is 12.9. The molecule has 1 amide bonds. The zero-order chi connectivity index (χ0) is 19.4. The minimum atomic E-state index is -0.599. The number of nitro benzene ring substituents is 1. The van der Waals surface area contributed by atoms with Gasteiger partial charge in [0.2, 0.25) is 0 Å². The summed E-state index contributed by atoms with van der Waals surface area (Å²) < 4.78 is 4.98. The van der Waals surface area contributed by atoms with Crippen LogP contribution in [0.3, 0.4) is 0 Å². The van der Waals surface area contributed by atoms with Crippen molar-refractivity contribution in [3.05, 3.63) is 69.4 Å². The Balaban J connectivity index is 1.54. The number of para-hydroxylation sites is 1. The normalized spacial score (nSPS) is 10.6. The first-order valence-corrected chi connectivity index (χ1v) is 8.26. The minimum absolute atomic E-state index is 0.0164. The van der Waals surface area contributed by atoms with Gasteiger partial charge in [0, 0.05) is 29.2 Å². The van der Waals surface area contributed by atoms with E-state index in [-0.39, 0.29) is 22.8 Å². The molecule has 0 atom stereocenters. The zero-order valence-electron chi connectivity index (χ0n) is 13.9. The molecule has 1 heterocycles. The molecule has 0 aliphatic carbocycles. The Hall–Kier alpha value is -3.39. The van der Waals surface area contributed by atoms with Crippen molar-refractivity contribution in [1.29, 1.82) is 0 Å². The Morgan fingerprint density at radius 3 is 2.74 bits per heavy atom. The number of nitrogens with zero attached hydrogens (tertiary/aromatic N) is 1. The second-order valence-corrected chi connectivity index (χ2v) is 6.07. The van der Waals surface area contributed by atoms with E-state index in [2.05, 4.69) is 10.3 Å². The summed E-state index contributed by atoms with van der Waals surface area (Å²) in [6.45, 7) is -0.492. The molecule has 0 spiro atoms. The Bertz CT molecular complexity index is 1030. The smallest absolute Gasteiger partial charge is 0.310 e. The third-order valence-corrected chi connectivity index (χ3v) is 4.12. The van der Waals surface area contributed by atoms with Gasteiger partial charge < -0.3 is 15.0 Å². The molecule has 2 aromatic carbocycles. The standard InChI is InChI=1S/C18H14ClN3O5/c19-14-8-12(22(25)26)5-6-16(14)21-17(23)10-27-18(24)7-11-9-20-15-4-2-1-3-13(11)15/h1-6,8-9,20H,7,10H2,(H,21,23). The van der Waals surface area contributed by atoms with E-state index in [0.717, 1.165) is 22.5 Å². The monoisotopic (exact) mass is 387 g/mol. The first kappa shape index (κ1) is 18.4. The number of H-pyrrole nitrogens is 1. The van der Waals surface area contributed by atoms with Crippen molar-refractivity contribution in [3.8, 4) is 0 Å². The molecule has 0 bridgehead atoms. The summed E-state index contributed by atoms with van der Waals surface area (Å²) in [7, 11) is 0. The second kappa shape index (κ2) is 7.88.